The summed E-state index contributed by atoms with van der Waals surface area (Å²) < 4.78 is 13.2. The summed E-state index contributed by atoms with van der Waals surface area (Å²) in [6.45, 7) is 0. The van der Waals surface area contributed by atoms with Gasteiger partial charge >= 0.3 is 0 Å². The highest BCUT2D eigenvalue weighted by Gasteiger charge is 2.01. The number of phenols is 1. The standard InChI is InChI=1S/C22H17FN2O/c23-20-13-11-18(12-14-20)21(15-10-17-6-2-1-3-7-17)25-24-16-19-8-4-5-9-22(19)26/h1-16,26H/b15-10+,24-16+,25-21+. The molecule has 0 atom stereocenters. The van der Waals surface area contributed by atoms with E-state index in [1.54, 1.807) is 36.4 Å². The summed E-state index contributed by atoms with van der Waals surface area (Å²) in [5, 5.41) is 18.1. The molecule has 0 aliphatic heterocycles. The van der Waals surface area contributed by atoms with Gasteiger partial charge in [-0.2, -0.15) is 10.2 Å². The maximum Gasteiger partial charge on any atom is 0.124 e. The van der Waals surface area contributed by atoms with Gasteiger partial charge in [-0.1, -0.05) is 48.5 Å². The molecule has 0 saturated carbocycles. The number of aromatic hydroxyl groups is 1. The summed E-state index contributed by atoms with van der Waals surface area (Å²) in [6.07, 6.45) is 5.22. The molecule has 0 aromatic heterocycles. The van der Waals surface area contributed by atoms with E-state index >= 15 is 0 Å². The summed E-state index contributed by atoms with van der Waals surface area (Å²) in [5.74, 6) is -0.174. The molecule has 0 spiro atoms. The van der Waals surface area contributed by atoms with Gasteiger partial charge in [0.2, 0.25) is 0 Å². The van der Waals surface area contributed by atoms with Crippen LogP contribution in [0.15, 0.2) is 95.1 Å². The summed E-state index contributed by atoms with van der Waals surface area (Å²) in [4.78, 5) is 0. The third-order valence-electron chi connectivity index (χ3n) is 3.67. The minimum Gasteiger partial charge on any atom is -0.507 e. The number of allylic oxidation sites excluding steroid dienone is 1. The number of phenolic OH excluding ortho intramolecular Hbond substituents is 1. The van der Waals surface area contributed by atoms with Gasteiger partial charge < -0.3 is 5.11 Å². The molecule has 3 rings (SSSR count). The fraction of sp³-hybridized carbons (Fsp3) is 0. The second-order valence-corrected chi connectivity index (χ2v) is 5.54. The van der Waals surface area contributed by atoms with Crippen LogP contribution in [0.5, 0.6) is 5.75 Å². The molecule has 0 amide bonds. The van der Waals surface area contributed by atoms with E-state index in [0.717, 1.165) is 11.1 Å². The highest BCUT2D eigenvalue weighted by atomic mass is 19.1. The number of nitrogens with zero attached hydrogens (tertiary/aromatic N) is 2. The Labute approximate surface area is 151 Å². The van der Waals surface area contributed by atoms with E-state index in [0.29, 0.717) is 11.3 Å². The highest BCUT2D eigenvalue weighted by Crippen LogP contribution is 2.13. The molecule has 128 valence electrons. The first-order valence-electron chi connectivity index (χ1n) is 8.10. The van der Waals surface area contributed by atoms with E-state index in [1.807, 2.05) is 42.5 Å². The average molecular weight is 344 g/mol. The molecule has 0 aliphatic carbocycles. The molecular weight excluding hydrogens is 327 g/mol. The molecular formula is C22H17FN2O. The summed E-state index contributed by atoms with van der Waals surface area (Å²) in [7, 11) is 0. The predicted molar refractivity (Wildman–Crippen MR) is 104 cm³/mol. The summed E-state index contributed by atoms with van der Waals surface area (Å²) >= 11 is 0. The maximum atomic E-state index is 13.2. The van der Waals surface area contributed by atoms with Crippen molar-refractivity contribution < 1.29 is 9.50 Å². The number of para-hydroxylation sites is 1. The lowest BCUT2D eigenvalue weighted by molar-refractivity contribution is 0.474. The third kappa shape index (κ3) is 4.74. The van der Waals surface area contributed by atoms with Gasteiger partial charge in [0.15, 0.2) is 0 Å². The Balaban J connectivity index is 1.90. The maximum absolute atomic E-state index is 13.2. The number of hydrogen-bond acceptors (Lipinski definition) is 3. The van der Waals surface area contributed by atoms with Crippen LogP contribution in [0, 0.1) is 5.82 Å². The lowest BCUT2D eigenvalue weighted by atomic mass is 10.1. The SMILES string of the molecule is Oc1ccccc1/C=N/N=C(\C=C\c1ccccc1)c1ccc(F)cc1. The van der Waals surface area contributed by atoms with E-state index < -0.39 is 0 Å². The first kappa shape index (κ1) is 17.3. The second-order valence-electron chi connectivity index (χ2n) is 5.54. The number of halogens is 1. The van der Waals surface area contributed by atoms with Crippen molar-refractivity contribution in [2.45, 2.75) is 0 Å². The van der Waals surface area contributed by atoms with Gasteiger partial charge in [-0.05, 0) is 48.0 Å². The van der Waals surface area contributed by atoms with Gasteiger partial charge in [0.05, 0.1) is 11.9 Å². The molecule has 0 bridgehead atoms. The molecule has 1 N–H and O–H groups in total. The van der Waals surface area contributed by atoms with Crippen LogP contribution < -0.4 is 0 Å². The number of benzene rings is 3. The monoisotopic (exact) mass is 344 g/mol. The second kappa shape index (κ2) is 8.53. The van der Waals surface area contributed by atoms with E-state index in [-0.39, 0.29) is 11.6 Å². The molecule has 4 heteroatoms. The summed E-state index contributed by atoms with van der Waals surface area (Å²) in [5.41, 5.74) is 2.92. The highest BCUT2D eigenvalue weighted by molar-refractivity contribution is 6.10. The molecule has 0 fully saturated rings. The van der Waals surface area contributed by atoms with E-state index in [9.17, 15) is 9.50 Å². The van der Waals surface area contributed by atoms with Crippen molar-refractivity contribution >= 4 is 18.0 Å². The Hall–Kier alpha value is -3.53. The quantitative estimate of drug-likeness (QED) is 0.510. The third-order valence-corrected chi connectivity index (χ3v) is 3.67. The zero-order valence-electron chi connectivity index (χ0n) is 14.0. The Morgan fingerprint density at radius 2 is 1.54 bits per heavy atom. The smallest absolute Gasteiger partial charge is 0.124 e. The van der Waals surface area contributed by atoms with Gasteiger partial charge in [-0.3, -0.25) is 0 Å². The normalized spacial score (nSPS) is 12.1. The largest absolute Gasteiger partial charge is 0.507 e. The van der Waals surface area contributed by atoms with E-state index in [1.165, 1.54) is 18.3 Å². The van der Waals surface area contributed by atoms with Crippen LogP contribution in [0.2, 0.25) is 0 Å². The molecule has 0 heterocycles. The van der Waals surface area contributed by atoms with Crippen molar-refractivity contribution in [1.29, 1.82) is 0 Å². The Bertz CT molecular complexity index is 945. The van der Waals surface area contributed by atoms with Crippen LogP contribution in [0.1, 0.15) is 16.7 Å². The fourth-order valence-corrected chi connectivity index (χ4v) is 2.30. The average Bonchev–Trinajstić information content (AvgIpc) is 2.67. The molecule has 0 radical (unpaired) electrons. The molecule has 3 aromatic rings. The van der Waals surface area contributed by atoms with Gasteiger partial charge in [0.1, 0.15) is 11.6 Å². The molecule has 3 aromatic carbocycles. The van der Waals surface area contributed by atoms with Gasteiger partial charge in [-0.25, -0.2) is 4.39 Å². The zero-order valence-corrected chi connectivity index (χ0v) is 14.0. The molecule has 26 heavy (non-hydrogen) atoms. The van der Waals surface area contributed by atoms with Crippen molar-refractivity contribution in [3.63, 3.8) is 0 Å². The van der Waals surface area contributed by atoms with Crippen LogP contribution in [0.3, 0.4) is 0 Å². The van der Waals surface area contributed by atoms with Crippen LogP contribution in [-0.2, 0) is 0 Å². The first-order chi connectivity index (χ1) is 12.7. The zero-order chi connectivity index (χ0) is 18.2. The van der Waals surface area contributed by atoms with Gasteiger partial charge in [0, 0.05) is 11.1 Å². The fourth-order valence-electron chi connectivity index (χ4n) is 2.30. The molecule has 0 aliphatic rings. The van der Waals surface area contributed by atoms with Crippen molar-refractivity contribution in [3.05, 3.63) is 107 Å². The minimum atomic E-state index is -0.308. The molecule has 0 saturated heterocycles. The molecule has 3 nitrogen and oxygen atoms in total. The first-order valence-corrected chi connectivity index (χ1v) is 8.10. The Kier molecular flexibility index (Phi) is 5.68. The van der Waals surface area contributed by atoms with E-state index in [2.05, 4.69) is 10.2 Å². The van der Waals surface area contributed by atoms with E-state index in [4.69, 9.17) is 0 Å². The predicted octanol–water partition coefficient (Wildman–Crippen LogP) is 5.07. The van der Waals surface area contributed by atoms with Gasteiger partial charge in [0.25, 0.3) is 0 Å². The van der Waals surface area contributed by atoms with Gasteiger partial charge in [-0.15, -0.1) is 0 Å². The lowest BCUT2D eigenvalue weighted by Gasteiger charge is -2.01. The number of hydrogen-bond donors (Lipinski definition) is 1. The summed E-state index contributed by atoms with van der Waals surface area (Å²) in [6, 6.07) is 22.7. The topological polar surface area (TPSA) is 45.0 Å². The van der Waals surface area contributed by atoms with Crippen molar-refractivity contribution in [1.82, 2.24) is 0 Å². The number of rotatable bonds is 5. The minimum absolute atomic E-state index is 0.134. The Morgan fingerprint density at radius 1 is 0.846 bits per heavy atom. The van der Waals surface area contributed by atoms with Crippen molar-refractivity contribution in [2.24, 2.45) is 10.2 Å². The van der Waals surface area contributed by atoms with Crippen LogP contribution in [0.25, 0.3) is 6.08 Å². The lowest BCUT2D eigenvalue weighted by Crippen LogP contribution is -1.96. The van der Waals surface area contributed by atoms with Crippen molar-refractivity contribution in [2.75, 3.05) is 0 Å². The van der Waals surface area contributed by atoms with Crippen molar-refractivity contribution in [3.8, 4) is 5.75 Å². The Morgan fingerprint density at radius 3 is 2.27 bits per heavy atom. The van der Waals surface area contributed by atoms with Crippen LogP contribution >= 0.6 is 0 Å². The van der Waals surface area contributed by atoms with Crippen LogP contribution in [-0.4, -0.2) is 17.0 Å². The van der Waals surface area contributed by atoms with Crippen LogP contribution in [0.4, 0.5) is 4.39 Å². The molecule has 0 unspecified atom stereocenters.